The van der Waals surface area contributed by atoms with Crippen LogP contribution < -0.4 is 0 Å². The molecule has 0 saturated heterocycles. The summed E-state index contributed by atoms with van der Waals surface area (Å²) in [5.41, 5.74) is 1.09. The fourth-order valence-electron chi connectivity index (χ4n) is 1.26. The second kappa shape index (κ2) is 6.71. The second-order valence-corrected chi connectivity index (χ2v) is 5.18. The summed E-state index contributed by atoms with van der Waals surface area (Å²) in [6.07, 6.45) is 0.113. The van der Waals surface area contributed by atoms with Crippen molar-refractivity contribution in [3.8, 4) is 0 Å². The first-order valence-electron chi connectivity index (χ1n) is 5.07. The Labute approximate surface area is 110 Å². The molecule has 1 unspecified atom stereocenters. The minimum absolute atomic E-state index is 0.113. The zero-order valence-electron chi connectivity index (χ0n) is 9.04. The van der Waals surface area contributed by atoms with Crippen molar-refractivity contribution in [3.63, 3.8) is 0 Å². The van der Waals surface area contributed by atoms with Crippen LogP contribution in [0.1, 0.15) is 25.5 Å². The maximum atomic E-state index is 6.13. The Bertz CT molecular complexity index is 301. The van der Waals surface area contributed by atoms with Crippen molar-refractivity contribution in [1.82, 2.24) is 0 Å². The third-order valence-corrected chi connectivity index (χ3v) is 3.17. The third-order valence-electron chi connectivity index (χ3n) is 2.02. The van der Waals surface area contributed by atoms with Crippen LogP contribution in [0.15, 0.2) is 24.3 Å². The van der Waals surface area contributed by atoms with Gasteiger partial charge in [0.15, 0.2) is 0 Å². The number of halogens is 2. The molecule has 1 aromatic carbocycles. The van der Waals surface area contributed by atoms with Crippen LogP contribution in [-0.4, -0.2) is 11.0 Å². The molecule has 0 radical (unpaired) electrons. The van der Waals surface area contributed by atoms with E-state index in [9.17, 15) is 0 Å². The van der Waals surface area contributed by atoms with Gasteiger partial charge in [0.2, 0.25) is 0 Å². The SMILES string of the molecule is CC(C)COC(CI)c1ccccc1Cl. The first-order valence-corrected chi connectivity index (χ1v) is 6.97. The molecule has 0 N–H and O–H groups in total. The van der Waals surface area contributed by atoms with Crippen molar-refractivity contribution < 1.29 is 4.74 Å². The lowest BCUT2D eigenvalue weighted by Gasteiger charge is -2.18. The summed E-state index contributed by atoms with van der Waals surface area (Å²) in [5.74, 6) is 0.554. The molecule has 3 heteroatoms. The Kier molecular flexibility index (Phi) is 5.94. The van der Waals surface area contributed by atoms with Crippen LogP contribution in [0.5, 0.6) is 0 Å². The van der Waals surface area contributed by atoms with Crippen LogP contribution in [0.3, 0.4) is 0 Å². The lowest BCUT2D eigenvalue weighted by atomic mass is 10.1. The van der Waals surface area contributed by atoms with E-state index in [1.54, 1.807) is 0 Å². The Morgan fingerprint density at radius 2 is 2.00 bits per heavy atom. The van der Waals surface area contributed by atoms with E-state index in [1.165, 1.54) is 0 Å². The van der Waals surface area contributed by atoms with Gasteiger partial charge in [-0.1, -0.05) is 66.2 Å². The van der Waals surface area contributed by atoms with Gasteiger partial charge in [-0.25, -0.2) is 0 Å². The van der Waals surface area contributed by atoms with Crippen molar-refractivity contribution in [2.75, 3.05) is 11.0 Å². The number of ether oxygens (including phenoxy) is 1. The molecule has 0 aliphatic carbocycles. The summed E-state index contributed by atoms with van der Waals surface area (Å²) in [5, 5.41) is 0.794. The maximum Gasteiger partial charge on any atom is 0.0928 e. The highest BCUT2D eigenvalue weighted by atomic mass is 127. The fraction of sp³-hybridized carbons (Fsp3) is 0.500. The van der Waals surface area contributed by atoms with E-state index >= 15 is 0 Å². The van der Waals surface area contributed by atoms with Gasteiger partial charge in [0.05, 0.1) is 6.10 Å². The summed E-state index contributed by atoms with van der Waals surface area (Å²) in [4.78, 5) is 0. The summed E-state index contributed by atoms with van der Waals surface area (Å²) < 4.78 is 6.75. The summed E-state index contributed by atoms with van der Waals surface area (Å²) in [6.45, 7) is 5.08. The van der Waals surface area contributed by atoms with E-state index in [-0.39, 0.29) is 6.10 Å². The highest BCUT2D eigenvalue weighted by molar-refractivity contribution is 14.1. The van der Waals surface area contributed by atoms with Gasteiger partial charge in [0.25, 0.3) is 0 Å². The van der Waals surface area contributed by atoms with Gasteiger partial charge in [-0.15, -0.1) is 0 Å². The molecule has 0 amide bonds. The third kappa shape index (κ3) is 4.29. The number of alkyl halides is 1. The number of rotatable bonds is 5. The van der Waals surface area contributed by atoms with Gasteiger partial charge in [-0.05, 0) is 12.0 Å². The Morgan fingerprint density at radius 1 is 1.33 bits per heavy atom. The van der Waals surface area contributed by atoms with E-state index in [0.717, 1.165) is 21.6 Å². The molecule has 0 saturated carbocycles. The summed E-state index contributed by atoms with van der Waals surface area (Å²) >= 11 is 8.46. The summed E-state index contributed by atoms with van der Waals surface area (Å²) in [6, 6.07) is 7.89. The number of benzene rings is 1. The molecule has 0 bridgehead atoms. The quantitative estimate of drug-likeness (QED) is 0.568. The maximum absolute atomic E-state index is 6.13. The predicted molar refractivity (Wildman–Crippen MR) is 73.9 cm³/mol. The molecular weight excluding hydrogens is 322 g/mol. The standard InChI is InChI=1S/C12H16ClIO/c1-9(2)8-15-12(7-14)10-5-3-4-6-11(10)13/h3-6,9,12H,7-8H2,1-2H3. The highest BCUT2D eigenvalue weighted by Crippen LogP contribution is 2.27. The fourth-order valence-corrected chi connectivity index (χ4v) is 2.25. The zero-order valence-corrected chi connectivity index (χ0v) is 12.0. The topological polar surface area (TPSA) is 9.23 Å². The van der Waals surface area contributed by atoms with E-state index < -0.39 is 0 Å². The average molecular weight is 339 g/mol. The molecule has 1 rings (SSSR count). The first-order chi connectivity index (χ1) is 7.15. The normalized spacial score (nSPS) is 13.1. The molecule has 0 aliphatic heterocycles. The molecule has 0 heterocycles. The molecule has 84 valence electrons. The van der Waals surface area contributed by atoms with Gasteiger partial charge in [-0.3, -0.25) is 0 Å². The van der Waals surface area contributed by atoms with Crippen molar-refractivity contribution in [2.24, 2.45) is 5.92 Å². The van der Waals surface area contributed by atoms with E-state index in [1.807, 2.05) is 24.3 Å². The zero-order chi connectivity index (χ0) is 11.3. The monoisotopic (exact) mass is 338 g/mol. The Morgan fingerprint density at radius 3 is 2.53 bits per heavy atom. The second-order valence-electron chi connectivity index (χ2n) is 3.89. The minimum atomic E-state index is 0.113. The van der Waals surface area contributed by atoms with Crippen molar-refractivity contribution in [2.45, 2.75) is 20.0 Å². The van der Waals surface area contributed by atoms with Gasteiger partial charge in [0.1, 0.15) is 0 Å². The molecule has 1 nitrogen and oxygen atoms in total. The largest absolute Gasteiger partial charge is 0.372 e. The van der Waals surface area contributed by atoms with Crippen molar-refractivity contribution in [1.29, 1.82) is 0 Å². The van der Waals surface area contributed by atoms with Gasteiger partial charge in [0, 0.05) is 21.6 Å². The highest BCUT2D eigenvalue weighted by Gasteiger charge is 2.13. The van der Waals surface area contributed by atoms with E-state index in [2.05, 4.69) is 36.4 Å². The molecule has 0 fully saturated rings. The van der Waals surface area contributed by atoms with Crippen LogP contribution in [0.4, 0.5) is 0 Å². The lowest BCUT2D eigenvalue weighted by Crippen LogP contribution is -2.10. The molecule has 0 spiro atoms. The van der Waals surface area contributed by atoms with Gasteiger partial charge in [-0.2, -0.15) is 0 Å². The van der Waals surface area contributed by atoms with Crippen LogP contribution in [-0.2, 0) is 4.74 Å². The van der Waals surface area contributed by atoms with Crippen LogP contribution in [0.2, 0.25) is 5.02 Å². The van der Waals surface area contributed by atoms with Crippen LogP contribution in [0.25, 0.3) is 0 Å². The lowest BCUT2D eigenvalue weighted by molar-refractivity contribution is 0.0518. The minimum Gasteiger partial charge on any atom is -0.372 e. The summed E-state index contributed by atoms with van der Waals surface area (Å²) in [7, 11) is 0. The van der Waals surface area contributed by atoms with Crippen LogP contribution >= 0.6 is 34.2 Å². The first kappa shape index (κ1) is 13.3. The van der Waals surface area contributed by atoms with E-state index in [0.29, 0.717) is 5.92 Å². The molecule has 0 aliphatic rings. The van der Waals surface area contributed by atoms with Gasteiger partial charge >= 0.3 is 0 Å². The molecule has 1 aromatic rings. The molecule has 1 atom stereocenters. The predicted octanol–water partition coefficient (Wildman–Crippen LogP) is 4.49. The Balaban J connectivity index is 2.70. The molecular formula is C12H16ClIO. The molecule has 15 heavy (non-hydrogen) atoms. The van der Waals surface area contributed by atoms with Gasteiger partial charge < -0.3 is 4.74 Å². The van der Waals surface area contributed by atoms with E-state index in [4.69, 9.17) is 16.3 Å². The average Bonchev–Trinajstić information content (AvgIpc) is 2.21. The van der Waals surface area contributed by atoms with Crippen LogP contribution in [0, 0.1) is 5.92 Å². The van der Waals surface area contributed by atoms with Crippen molar-refractivity contribution in [3.05, 3.63) is 34.9 Å². The molecule has 0 aromatic heterocycles. The Hall–Kier alpha value is 0.200. The number of hydrogen-bond donors (Lipinski definition) is 0. The number of hydrogen-bond acceptors (Lipinski definition) is 1. The smallest absolute Gasteiger partial charge is 0.0928 e. The van der Waals surface area contributed by atoms with Crippen molar-refractivity contribution >= 4 is 34.2 Å².